The second kappa shape index (κ2) is 7.03. The van der Waals surface area contributed by atoms with E-state index in [-0.39, 0.29) is 17.3 Å². The van der Waals surface area contributed by atoms with E-state index < -0.39 is 5.82 Å². The van der Waals surface area contributed by atoms with E-state index in [2.05, 4.69) is 19.2 Å². The maximum Gasteiger partial charge on any atom is 0.166 e. The molecule has 0 saturated carbocycles. The average molecular weight is 293 g/mol. The third-order valence-corrected chi connectivity index (χ3v) is 4.63. The highest BCUT2D eigenvalue weighted by atomic mass is 19.1. The number of hydrogen-bond donors (Lipinski definition) is 1. The number of hydrogen-bond acceptors (Lipinski definition) is 3. The van der Waals surface area contributed by atoms with Crippen molar-refractivity contribution in [2.75, 3.05) is 20.2 Å². The lowest BCUT2D eigenvalue weighted by Crippen LogP contribution is -2.23. The van der Waals surface area contributed by atoms with Crippen LogP contribution in [0.15, 0.2) is 18.2 Å². The van der Waals surface area contributed by atoms with E-state index in [1.54, 1.807) is 6.07 Å². The SMILES string of the molecule is CC[C@H]1CNC[C@H]1[C@H](C)CC(=O)c1ccc(OC)cc1F. The fourth-order valence-corrected chi connectivity index (χ4v) is 3.27. The highest BCUT2D eigenvalue weighted by Crippen LogP contribution is 2.30. The number of halogens is 1. The van der Waals surface area contributed by atoms with Gasteiger partial charge >= 0.3 is 0 Å². The molecular formula is C17H24FNO2. The van der Waals surface area contributed by atoms with Crippen molar-refractivity contribution in [3.63, 3.8) is 0 Å². The van der Waals surface area contributed by atoms with Gasteiger partial charge in [0.05, 0.1) is 12.7 Å². The molecule has 1 heterocycles. The van der Waals surface area contributed by atoms with Gasteiger partial charge in [-0.3, -0.25) is 4.79 Å². The Kier molecular flexibility index (Phi) is 5.34. The minimum atomic E-state index is -0.497. The molecule has 116 valence electrons. The molecule has 1 aromatic carbocycles. The number of nitrogens with one attached hydrogen (secondary N) is 1. The van der Waals surface area contributed by atoms with Gasteiger partial charge in [0, 0.05) is 12.5 Å². The van der Waals surface area contributed by atoms with Crippen molar-refractivity contribution in [3.8, 4) is 5.75 Å². The minimum Gasteiger partial charge on any atom is -0.497 e. The topological polar surface area (TPSA) is 38.3 Å². The van der Waals surface area contributed by atoms with Crippen LogP contribution in [0.2, 0.25) is 0 Å². The molecular weight excluding hydrogens is 269 g/mol. The predicted octanol–water partition coefficient (Wildman–Crippen LogP) is 3.29. The van der Waals surface area contributed by atoms with Crippen molar-refractivity contribution < 1.29 is 13.9 Å². The zero-order chi connectivity index (χ0) is 15.4. The summed E-state index contributed by atoms with van der Waals surface area (Å²) in [5.74, 6) is 1.20. The highest BCUT2D eigenvalue weighted by Gasteiger charge is 2.31. The minimum absolute atomic E-state index is 0.121. The van der Waals surface area contributed by atoms with Gasteiger partial charge in [-0.1, -0.05) is 20.3 Å². The maximum atomic E-state index is 13.9. The number of rotatable bonds is 6. The summed E-state index contributed by atoms with van der Waals surface area (Å²) < 4.78 is 18.9. The molecule has 0 aromatic heterocycles. The lowest BCUT2D eigenvalue weighted by molar-refractivity contribution is 0.0939. The molecule has 0 unspecified atom stereocenters. The van der Waals surface area contributed by atoms with Crippen LogP contribution in [0.1, 0.15) is 37.0 Å². The summed E-state index contributed by atoms with van der Waals surface area (Å²) >= 11 is 0. The van der Waals surface area contributed by atoms with E-state index in [4.69, 9.17) is 4.74 Å². The number of methoxy groups -OCH3 is 1. The molecule has 0 amide bonds. The number of carbonyl (C=O) groups excluding carboxylic acids is 1. The molecule has 1 N–H and O–H groups in total. The summed E-state index contributed by atoms with van der Waals surface area (Å²) in [4.78, 5) is 12.3. The molecule has 4 heteroatoms. The molecule has 1 saturated heterocycles. The molecule has 21 heavy (non-hydrogen) atoms. The molecule has 0 aliphatic carbocycles. The molecule has 1 aromatic rings. The van der Waals surface area contributed by atoms with Crippen LogP contribution in [0.3, 0.4) is 0 Å². The summed E-state index contributed by atoms with van der Waals surface area (Å²) in [6, 6.07) is 4.42. The van der Waals surface area contributed by atoms with Crippen molar-refractivity contribution >= 4 is 5.78 Å². The molecule has 0 radical (unpaired) electrons. The van der Waals surface area contributed by atoms with Crippen LogP contribution in [-0.2, 0) is 0 Å². The van der Waals surface area contributed by atoms with Gasteiger partial charge in [-0.15, -0.1) is 0 Å². The highest BCUT2D eigenvalue weighted by molar-refractivity contribution is 5.96. The zero-order valence-electron chi connectivity index (χ0n) is 13.0. The third kappa shape index (κ3) is 3.62. The van der Waals surface area contributed by atoms with E-state index >= 15 is 0 Å². The van der Waals surface area contributed by atoms with Crippen molar-refractivity contribution in [3.05, 3.63) is 29.6 Å². The average Bonchev–Trinajstić information content (AvgIpc) is 2.95. The Hall–Kier alpha value is -1.42. The van der Waals surface area contributed by atoms with Crippen LogP contribution < -0.4 is 10.1 Å². The molecule has 0 bridgehead atoms. The van der Waals surface area contributed by atoms with E-state index in [9.17, 15) is 9.18 Å². The molecule has 3 atom stereocenters. The summed E-state index contributed by atoms with van der Waals surface area (Å²) in [6.07, 6.45) is 1.51. The van der Waals surface area contributed by atoms with Crippen molar-refractivity contribution in [1.82, 2.24) is 5.32 Å². The Bertz CT molecular complexity index is 504. The number of ketones is 1. The first-order chi connectivity index (χ1) is 10.1. The fourth-order valence-electron chi connectivity index (χ4n) is 3.27. The van der Waals surface area contributed by atoms with Gasteiger partial charge in [0.1, 0.15) is 11.6 Å². The van der Waals surface area contributed by atoms with Gasteiger partial charge in [0.15, 0.2) is 5.78 Å². The van der Waals surface area contributed by atoms with Gasteiger partial charge in [0.2, 0.25) is 0 Å². The van der Waals surface area contributed by atoms with Crippen LogP contribution in [0.4, 0.5) is 4.39 Å². The molecule has 3 nitrogen and oxygen atoms in total. The zero-order valence-corrected chi connectivity index (χ0v) is 13.0. The molecule has 1 aliphatic rings. The van der Waals surface area contributed by atoms with Crippen molar-refractivity contribution in [2.24, 2.45) is 17.8 Å². The normalized spacial score (nSPS) is 23.0. The molecule has 1 aliphatic heterocycles. The van der Waals surface area contributed by atoms with Crippen LogP contribution in [-0.4, -0.2) is 26.0 Å². The number of benzene rings is 1. The predicted molar refractivity (Wildman–Crippen MR) is 81.2 cm³/mol. The van der Waals surface area contributed by atoms with Crippen LogP contribution >= 0.6 is 0 Å². The summed E-state index contributed by atoms with van der Waals surface area (Å²) in [5.41, 5.74) is 0.168. The van der Waals surface area contributed by atoms with Crippen LogP contribution in [0.5, 0.6) is 5.75 Å². The largest absolute Gasteiger partial charge is 0.497 e. The van der Waals surface area contributed by atoms with Gasteiger partial charge in [-0.05, 0) is 43.0 Å². The molecule has 2 rings (SSSR count). The quantitative estimate of drug-likeness (QED) is 0.818. The Morgan fingerprint density at radius 2 is 2.24 bits per heavy atom. The first-order valence-corrected chi connectivity index (χ1v) is 7.64. The lowest BCUT2D eigenvalue weighted by atomic mass is 9.80. The van der Waals surface area contributed by atoms with Gasteiger partial charge < -0.3 is 10.1 Å². The van der Waals surface area contributed by atoms with E-state index in [1.165, 1.54) is 19.2 Å². The number of ether oxygens (including phenoxy) is 1. The van der Waals surface area contributed by atoms with Crippen LogP contribution in [0, 0.1) is 23.6 Å². The van der Waals surface area contributed by atoms with Crippen molar-refractivity contribution in [1.29, 1.82) is 0 Å². The monoisotopic (exact) mass is 293 g/mol. The van der Waals surface area contributed by atoms with Gasteiger partial charge in [0.25, 0.3) is 0 Å². The number of Topliss-reactive ketones (excluding diaryl/α,β-unsaturated/α-hetero) is 1. The van der Waals surface area contributed by atoms with Gasteiger partial charge in [-0.25, -0.2) is 4.39 Å². The Balaban J connectivity index is 2.04. The van der Waals surface area contributed by atoms with Gasteiger partial charge in [-0.2, -0.15) is 0 Å². The second-order valence-corrected chi connectivity index (χ2v) is 5.94. The van der Waals surface area contributed by atoms with E-state index in [0.717, 1.165) is 19.5 Å². The summed E-state index contributed by atoms with van der Waals surface area (Å²) in [5, 5.41) is 3.39. The third-order valence-electron chi connectivity index (χ3n) is 4.63. The van der Waals surface area contributed by atoms with Crippen molar-refractivity contribution in [2.45, 2.75) is 26.7 Å². The fraction of sp³-hybridized carbons (Fsp3) is 0.588. The second-order valence-electron chi connectivity index (χ2n) is 5.94. The van der Waals surface area contributed by atoms with E-state index in [0.29, 0.717) is 24.0 Å². The van der Waals surface area contributed by atoms with E-state index in [1.807, 2.05) is 0 Å². The molecule has 0 spiro atoms. The summed E-state index contributed by atoms with van der Waals surface area (Å²) in [6.45, 7) is 6.26. The first-order valence-electron chi connectivity index (χ1n) is 7.64. The van der Waals surface area contributed by atoms with Crippen LogP contribution in [0.25, 0.3) is 0 Å². The lowest BCUT2D eigenvalue weighted by Gasteiger charge is -2.23. The Morgan fingerprint density at radius 1 is 1.48 bits per heavy atom. The standard InChI is InChI=1S/C17H24FNO2/c1-4-12-9-19-10-15(12)11(2)7-17(20)14-6-5-13(21-3)8-16(14)18/h5-6,8,11-12,15,19H,4,7,9-10H2,1-3H3/t11-,12+,15+/m1/s1. The maximum absolute atomic E-state index is 13.9. The molecule has 1 fully saturated rings. The number of carbonyl (C=O) groups is 1. The summed E-state index contributed by atoms with van der Waals surface area (Å²) in [7, 11) is 1.48. The Labute approximate surface area is 125 Å². The first kappa shape index (κ1) is 16.0. The smallest absolute Gasteiger partial charge is 0.166 e. The Morgan fingerprint density at radius 3 is 2.86 bits per heavy atom.